The second-order valence-corrected chi connectivity index (χ2v) is 6.11. The van der Waals surface area contributed by atoms with Crippen LogP contribution in [0, 0.1) is 18.8 Å². The van der Waals surface area contributed by atoms with E-state index >= 15 is 0 Å². The Kier molecular flexibility index (Phi) is 5.46. The zero-order chi connectivity index (χ0) is 14.5. The molecule has 0 saturated heterocycles. The highest BCUT2D eigenvalue weighted by molar-refractivity contribution is 5.31. The third-order valence-corrected chi connectivity index (χ3v) is 4.57. The zero-order valence-corrected chi connectivity index (χ0v) is 13.4. The van der Waals surface area contributed by atoms with Crippen LogP contribution in [0.3, 0.4) is 0 Å². The van der Waals surface area contributed by atoms with Crippen LogP contribution in [-0.2, 0) is 11.3 Å². The first kappa shape index (κ1) is 15.4. The highest BCUT2D eigenvalue weighted by Gasteiger charge is 2.30. The average molecular weight is 279 g/mol. The van der Waals surface area contributed by atoms with Crippen molar-refractivity contribution < 1.29 is 4.74 Å². The SMILES string of the molecule is CCOCCCn1cc(C)nc1NC1CCC(C)C1C. The van der Waals surface area contributed by atoms with Gasteiger partial charge in [0, 0.05) is 32.0 Å². The van der Waals surface area contributed by atoms with E-state index in [-0.39, 0.29) is 0 Å². The quantitative estimate of drug-likeness (QED) is 0.777. The van der Waals surface area contributed by atoms with Crippen molar-refractivity contribution >= 4 is 5.95 Å². The van der Waals surface area contributed by atoms with Gasteiger partial charge < -0.3 is 14.6 Å². The Morgan fingerprint density at radius 3 is 2.85 bits per heavy atom. The summed E-state index contributed by atoms with van der Waals surface area (Å²) < 4.78 is 7.65. The van der Waals surface area contributed by atoms with Gasteiger partial charge in [-0.3, -0.25) is 0 Å². The van der Waals surface area contributed by atoms with Crippen molar-refractivity contribution in [1.82, 2.24) is 9.55 Å². The van der Waals surface area contributed by atoms with Crippen LogP contribution in [0.15, 0.2) is 6.20 Å². The Hall–Kier alpha value is -1.03. The number of imidazole rings is 1. The summed E-state index contributed by atoms with van der Waals surface area (Å²) in [6.45, 7) is 11.4. The van der Waals surface area contributed by atoms with Crippen molar-refractivity contribution in [3.05, 3.63) is 11.9 Å². The Labute approximate surface area is 122 Å². The van der Waals surface area contributed by atoms with Gasteiger partial charge in [-0.15, -0.1) is 0 Å². The van der Waals surface area contributed by atoms with Gasteiger partial charge in [-0.25, -0.2) is 4.98 Å². The molecule has 0 bridgehead atoms. The first-order valence-corrected chi connectivity index (χ1v) is 7.99. The van der Waals surface area contributed by atoms with Crippen LogP contribution >= 0.6 is 0 Å². The normalized spacial score (nSPS) is 26.1. The van der Waals surface area contributed by atoms with Crippen LogP contribution < -0.4 is 5.32 Å². The number of anilines is 1. The van der Waals surface area contributed by atoms with Crippen molar-refractivity contribution in [2.75, 3.05) is 18.5 Å². The molecule has 3 atom stereocenters. The van der Waals surface area contributed by atoms with Gasteiger partial charge in [0.15, 0.2) is 0 Å². The maximum atomic E-state index is 5.41. The fourth-order valence-corrected chi connectivity index (χ4v) is 3.05. The summed E-state index contributed by atoms with van der Waals surface area (Å²) in [6.07, 6.45) is 5.75. The van der Waals surface area contributed by atoms with Crippen LogP contribution in [0.4, 0.5) is 5.95 Å². The van der Waals surface area contributed by atoms with E-state index in [0.29, 0.717) is 6.04 Å². The fraction of sp³-hybridized carbons (Fsp3) is 0.812. The van der Waals surface area contributed by atoms with Gasteiger partial charge in [0.05, 0.1) is 5.69 Å². The number of ether oxygens (including phenoxy) is 1. The average Bonchev–Trinajstić information content (AvgIpc) is 2.92. The van der Waals surface area contributed by atoms with Gasteiger partial charge in [0.25, 0.3) is 0 Å². The molecule has 1 aliphatic rings. The van der Waals surface area contributed by atoms with Gasteiger partial charge in [-0.05, 0) is 44.9 Å². The fourth-order valence-electron chi connectivity index (χ4n) is 3.05. The molecule has 0 aliphatic heterocycles. The van der Waals surface area contributed by atoms with Crippen LogP contribution in [0.1, 0.15) is 45.7 Å². The van der Waals surface area contributed by atoms with Crippen LogP contribution in [0.25, 0.3) is 0 Å². The van der Waals surface area contributed by atoms with E-state index in [1.54, 1.807) is 0 Å². The number of hydrogen-bond acceptors (Lipinski definition) is 3. The Bertz CT molecular complexity index is 416. The molecule has 2 rings (SSSR count). The van der Waals surface area contributed by atoms with E-state index in [4.69, 9.17) is 4.74 Å². The summed E-state index contributed by atoms with van der Waals surface area (Å²) in [4.78, 5) is 4.64. The molecule has 4 heteroatoms. The largest absolute Gasteiger partial charge is 0.382 e. The minimum atomic E-state index is 0.567. The predicted molar refractivity (Wildman–Crippen MR) is 83.0 cm³/mol. The zero-order valence-electron chi connectivity index (χ0n) is 13.4. The molecule has 114 valence electrons. The lowest BCUT2D eigenvalue weighted by molar-refractivity contribution is 0.142. The summed E-state index contributed by atoms with van der Waals surface area (Å²) in [5.41, 5.74) is 1.09. The lowest BCUT2D eigenvalue weighted by atomic mass is 9.98. The molecule has 0 aromatic carbocycles. The Morgan fingerprint density at radius 2 is 2.20 bits per heavy atom. The van der Waals surface area contributed by atoms with E-state index in [0.717, 1.165) is 49.7 Å². The topological polar surface area (TPSA) is 39.1 Å². The molecular formula is C16H29N3O. The molecule has 4 nitrogen and oxygen atoms in total. The first-order chi connectivity index (χ1) is 9.61. The first-order valence-electron chi connectivity index (χ1n) is 7.99. The van der Waals surface area contributed by atoms with Crippen molar-refractivity contribution in [2.24, 2.45) is 11.8 Å². The summed E-state index contributed by atoms with van der Waals surface area (Å²) in [5.74, 6) is 2.57. The highest BCUT2D eigenvalue weighted by atomic mass is 16.5. The molecule has 1 heterocycles. The standard InChI is InChI=1S/C16H29N3O/c1-5-20-10-6-9-19-11-13(3)17-16(19)18-15-8-7-12(2)14(15)4/h11-12,14-15H,5-10H2,1-4H3,(H,17,18). The molecule has 1 N–H and O–H groups in total. The molecule has 3 unspecified atom stereocenters. The molecule has 1 aliphatic carbocycles. The van der Waals surface area contributed by atoms with Crippen molar-refractivity contribution in [3.63, 3.8) is 0 Å². The lowest BCUT2D eigenvalue weighted by Gasteiger charge is -2.21. The Balaban J connectivity index is 1.93. The number of nitrogens with zero attached hydrogens (tertiary/aromatic N) is 2. The summed E-state index contributed by atoms with van der Waals surface area (Å²) in [7, 11) is 0. The molecule has 1 aromatic rings. The van der Waals surface area contributed by atoms with Crippen LogP contribution in [0.5, 0.6) is 0 Å². The summed E-state index contributed by atoms with van der Waals surface area (Å²) in [6, 6.07) is 0.567. The van der Waals surface area contributed by atoms with E-state index < -0.39 is 0 Å². The maximum Gasteiger partial charge on any atom is 0.203 e. The van der Waals surface area contributed by atoms with Gasteiger partial charge in [-0.1, -0.05) is 13.8 Å². The summed E-state index contributed by atoms with van der Waals surface area (Å²) >= 11 is 0. The molecule has 1 fully saturated rings. The Morgan fingerprint density at radius 1 is 1.40 bits per heavy atom. The smallest absolute Gasteiger partial charge is 0.203 e. The number of nitrogens with one attached hydrogen (secondary N) is 1. The highest BCUT2D eigenvalue weighted by Crippen LogP contribution is 2.33. The van der Waals surface area contributed by atoms with Crippen LogP contribution in [-0.4, -0.2) is 28.8 Å². The van der Waals surface area contributed by atoms with E-state index in [1.165, 1.54) is 12.8 Å². The minimum Gasteiger partial charge on any atom is -0.382 e. The van der Waals surface area contributed by atoms with Gasteiger partial charge in [-0.2, -0.15) is 0 Å². The third kappa shape index (κ3) is 3.75. The molecule has 0 spiro atoms. The lowest BCUT2D eigenvalue weighted by Crippen LogP contribution is -2.26. The molecular weight excluding hydrogens is 250 g/mol. The van der Waals surface area contributed by atoms with Crippen molar-refractivity contribution in [2.45, 2.75) is 59.5 Å². The van der Waals surface area contributed by atoms with E-state index in [9.17, 15) is 0 Å². The van der Waals surface area contributed by atoms with Gasteiger partial charge in [0.2, 0.25) is 5.95 Å². The molecule has 20 heavy (non-hydrogen) atoms. The number of hydrogen-bond donors (Lipinski definition) is 1. The molecule has 0 radical (unpaired) electrons. The van der Waals surface area contributed by atoms with Gasteiger partial charge in [0.1, 0.15) is 0 Å². The number of aryl methyl sites for hydroxylation is 2. The number of aromatic nitrogens is 2. The van der Waals surface area contributed by atoms with Gasteiger partial charge >= 0.3 is 0 Å². The molecule has 1 saturated carbocycles. The van der Waals surface area contributed by atoms with E-state index in [1.807, 2.05) is 6.92 Å². The van der Waals surface area contributed by atoms with Crippen molar-refractivity contribution in [3.8, 4) is 0 Å². The van der Waals surface area contributed by atoms with Crippen LogP contribution in [0.2, 0.25) is 0 Å². The van der Waals surface area contributed by atoms with E-state index in [2.05, 4.69) is 41.8 Å². The third-order valence-electron chi connectivity index (χ3n) is 4.57. The number of rotatable bonds is 7. The van der Waals surface area contributed by atoms with Crippen molar-refractivity contribution in [1.29, 1.82) is 0 Å². The molecule has 0 amide bonds. The summed E-state index contributed by atoms with van der Waals surface area (Å²) in [5, 5.41) is 3.66. The second kappa shape index (κ2) is 7.11. The predicted octanol–water partition coefficient (Wildman–Crippen LogP) is 3.46. The minimum absolute atomic E-state index is 0.567. The molecule has 1 aromatic heterocycles. The maximum absolute atomic E-state index is 5.41. The monoisotopic (exact) mass is 279 g/mol. The second-order valence-electron chi connectivity index (χ2n) is 6.11.